The lowest BCUT2D eigenvalue weighted by atomic mass is 10.2. The van der Waals surface area contributed by atoms with Gasteiger partial charge in [-0.05, 0) is 30.3 Å². The van der Waals surface area contributed by atoms with Crippen molar-refractivity contribution in [2.75, 3.05) is 14.2 Å². The zero-order valence-corrected chi connectivity index (χ0v) is 19.7. The number of benzene rings is 2. The Morgan fingerprint density at radius 1 is 0.875 bits per heavy atom. The maximum Gasteiger partial charge on any atom is 0.312 e. The van der Waals surface area contributed by atoms with Crippen LogP contribution in [0.15, 0.2) is 53.2 Å². The molecule has 0 aliphatic heterocycles. The van der Waals surface area contributed by atoms with E-state index in [0.717, 1.165) is 21.1 Å². The second-order valence-electron chi connectivity index (χ2n) is 6.70. The van der Waals surface area contributed by atoms with Crippen molar-refractivity contribution in [3.8, 4) is 32.6 Å². The number of carbonyl (C=O) groups is 1. The Labute approximate surface area is 198 Å². The van der Waals surface area contributed by atoms with Gasteiger partial charge in [0.25, 0.3) is 0 Å². The number of carbonyl (C=O) groups excluding carboxylic acids is 1. The van der Waals surface area contributed by atoms with Crippen molar-refractivity contribution in [1.29, 1.82) is 0 Å². The smallest absolute Gasteiger partial charge is 0.312 e. The monoisotopic (exact) mass is 486 g/mol. The summed E-state index contributed by atoms with van der Waals surface area (Å²) < 4.78 is 16.0. The minimum atomic E-state index is -0.352. The van der Waals surface area contributed by atoms with Crippen molar-refractivity contribution in [3.63, 3.8) is 0 Å². The van der Waals surface area contributed by atoms with Crippen LogP contribution in [0.5, 0.6) is 11.5 Å². The third-order valence-corrected chi connectivity index (χ3v) is 6.66. The quantitative estimate of drug-likeness (QED) is 0.289. The molecular formula is C23H19ClN2O4S2. The molecule has 0 atom stereocenters. The van der Waals surface area contributed by atoms with E-state index in [0.29, 0.717) is 27.9 Å². The first-order valence-electron chi connectivity index (χ1n) is 9.58. The molecule has 0 N–H and O–H groups in total. The van der Waals surface area contributed by atoms with Crippen LogP contribution in [0.4, 0.5) is 0 Å². The number of thiazole rings is 2. The SMILES string of the molecule is COc1ccc(-c2nc(CC(=O)OCc3csc(-c4ccc(Cl)cc4)n3)cs2)cc1OC. The van der Waals surface area contributed by atoms with Gasteiger partial charge in [0.15, 0.2) is 11.5 Å². The predicted molar refractivity (Wildman–Crippen MR) is 127 cm³/mol. The van der Waals surface area contributed by atoms with E-state index >= 15 is 0 Å². The van der Waals surface area contributed by atoms with Crippen LogP contribution in [0.25, 0.3) is 21.1 Å². The fourth-order valence-electron chi connectivity index (χ4n) is 2.94. The topological polar surface area (TPSA) is 70.5 Å². The molecule has 6 nitrogen and oxygen atoms in total. The van der Waals surface area contributed by atoms with E-state index in [4.69, 9.17) is 25.8 Å². The van der Waals surface area contributed by atoms with E-state index in [2.05, 4.69) is 9.97 Å². The van der Waals surface area contributed by atoms with Crippen LogP contribution in [0, 0.1) is 0 Å². The average molecular weight is 487 g/mol. The number of halogens is 1. The number of esters is 1. The normalized spacial score (nSPS) is 10.7. The Bertz CT molecular complexity index is 1220. The van der Waals surface area contributed by atoms with Gasteiger partial charge in [-0.2, -0.15) is 0 Å². The first-order chi connectivity index (χ1) is 15.6. The zero-order valence-electron chi connectivity index (χ0n) is 17.3. The molecule has 4 aromatic rings. The summed E-state index contributed by atoms with van der Waals surface area (Å²) in [5.74, 6) is 0.926. The molecule has 0 aliphatic rings. The molecule has 2 heterocycles. The van der Waals surface area contributed by atoms with Crippen molar-refractivity contribution in [2.45, 2.75) is 13.0 Å². The van der Waals surface area contributed by atoms with Crippen LogP contribution in [-0.4, -0.2) is 30.2 Å². The van der Waals surface area contributed by atoms with E-state index < -0.39 is 0 Å². The highest BCUT2D eigenvalue weighted by molar-refractivity contribution is 7.13. The van der Waals surface area contributed by atoms with E-state index in [1.165, 1.54) is 22.7 Å². The van der Waals surface area contributed by atoms with E-state index in [9.17, 15) is 4.79 Å². The molecule has 0 radical (unpaired) electrons. The second-order valence-corrected chi connectivity index (χ2v) is 8.85. The first-order valence-corrected chi connectivity index (χ1v) is 11.7. The number of methoxy groups -OCH3 is 2. The van der Waals surface area contributed by atoms with Gasteiger partial charge < -0.3 is 14.2 Å². The van der Waals surface area contributed by atoms with Gasteiger partial charge in [-0.25, -0.2) is 9.97 Å². The Balaban J connectivity index is 1.34. The Hall–Kier alpha value is -2.94. The second kappa shape index (κ2) is 10.1. The standard InChI is InChI=1S/C23H19ClN2O4S2/c1-28-19-8-5-15(9-20(19)29-2)23-25-17(12-31-23)10-21(27)30-11-18-13-32-22(26-18)14-3-6-16(24)7-4-14/h3-9,12-13H,10-11H2,1-2H3. The van der Waals surface area contributed by atoms with Crippen LogP contribution in [0.3, 0.4) is 0 Å². The van der Waals surface area contributed by atoms with Crippen molar-refractivity contribution in [2.24, 2.45) is 0 Å². The lowest BCUT2D eigenvalue weighted by molar-refractivity contribution is -0.144. The van der Waals surface area contributed by atoms with Crippen LogP contribution < -0.4 is 9.47 Å². The highest BCUT2D eigenvalue weighted by atomic mass is 35.5. The fraction of sp³-hybridized carbons (Fsp3) is 0.174. The molecule has 0 amide bonds. The van der Waals surface area contributed by atoms with E-state index in [1.807, 2.05) is 53.2 Å². The Kier molecular flexibility index (Phi) is 7.04. The van der Waals surface area contributed by atoms with Gasteiger partial charge >= 0.3 is 5.97 Å². The van der Waals surface area contributed by atoms with E-state index in [-0.39, 0.29) is 19.0 Å². The maximum atomic E-state index is 12.3. The zero-order chi connectivity index (χ0) is 22.5. The fourth-order valence-corrected chi connectivity index (χ4v) is 4.69. The minimum Gasteiger partial charge on any atom is -0.493 e. The number of aromatic nitrogens is 2. The Morgan fingerprint density at radius 2 is 1.50 bits per heavy atom. The van der Waals surface area contributed by atoms with Crippen molar-refractivity contribution >= 4 is 40.2 Å². The summed E-state index contributed by atoms with van der Waals surface area (Å²) in [6.07, 6.45) is 0.0952. The lowest BCUT2D eigenvalue weighted by Gasteiger charge is -2.08. The molecule has 0 unspecified atom stereocenters. The number of nitrogens with zero attached hydrogens (tertiary/aromatic N) is 2. The molecular weight excluding hydrogens is 468 g/mol. The van der Waals surface area contributed by atoms with Gasteiger partial charge in [-0.3, -0.25) is 4.79 Å². The third kappa shape index (κ3) is 5.27. The van der Waals surface area contributed by atoms with E-state index in [1.54, 1.807) is 14.2 Å². The summed E-state index contributed by atoms with van der Waals surface area (Å²) in [5.41, 5.74) is 3.23. The maximum absolute atomic E-state index is 12.3. The van der Waals surface area contributed by atoms with Gasteiger partial charge in [0, 0.05) is 26.9 Å². The average Bonchev–Trinajstić information content (AvgIpc) is 3.47. The third-order valence-electron chi connectivity index (χ3n) is 4.53. The number of hydrogen-bond acceptors (Lipinski definition) is 8. The minimum absolute atomic E-state index is 0.0952. The first kappa shape index (κ1) is 22.3. The van der Waals surface area contributed by atoms with Crippen LogP contribution >= 0.6 is 34.3 Å². The molecule has 9 heteroatoms. The summed E-state index contributed by atoms with van der Waals surface area (Å²) in [6, 6.07) is 13.1. The molecule has 0 bridgehead atoms. The summed E-state index contributed by atoms with van der Waals surface area (Å²) >= 11 is 8.88. The molecule has 2 aromatic heterocycles. The molecule has 32 heavy (non-hydrogen) atoms. The summed E-state index contributed by atoms with van der Waals surface area (Å²) in [7, 11) is 3.18. The largest absolute Gasteiger partial charge is 0.493 e. The van der Waals surface area contributed by atoms with Crippen molar-refractivity contribution < 1.29 is 19.0 Å². The summed E-state index contributed by atoms with van der Waals surface area (Å²) in [6.45, 7) is 0.121. The molecule has 0 fully saturated rings. The van der Waals surface area contributed by atoms with Gasteiger partial charge in [0.2, 0.25) is 0 Å². The molecule has 0 saturated carbocycles. The molecule has 2 aromatic carbocycles. The molecule has 4 rings (SSSR count). The highest BCUT2D eigenvalue weighted by Crippen LogP contribution is 2.33. The van der Waals surface area contributed by atoms with Crippen molar-refractivity contribution in [1.82, 2.24) is 9.97 Å². The number of ether oxygens (including phenoxy) is 3. The molecule has 164 valence electrons. The lowest BCUT2D eigenvalue weighted by Crippen LogP contribution is -2.08. The van der Waals surface area contributed by atoms with Gasteiger partial charge in [-0.1, -0.05) is 23.7 Å². The Morgan fingerprint density at radius 3 is 2.22 bits per heavy atom. The van der Waals surface area contributed by atoms with Crippen LogP contribution in [-0.2, 0) is 22.6 Å². The van der Waals surface area contributed by atoms with Gasteiger partial charge in [0.1, 0.15) is 16.6 Å². The summed E-state index contributed by atoms with van der Waals surface area (Å²) in [5, 5.41) is 6.06. The van der Waals surface area contributed by atoms with Crippen LogP contribution in [0.1, 0.15) is 11.4 Å². The molecule has 0 saturated heterocycles. The molecule has 0 spiro atoms. The van der Waals surface area contributed by atoms with Crippen LogP contribution in [0.2, 0.25) is 5.02 Å². The highest BCUT2D eigenvalue weighted by Gasteiger charge is 2.13. The van der Waals surface area contributed by atoms with Crippen molar-refractivity contribution in [3.05, 3.63) is 69.6 Å². The van der Waals surface area contributed by atoms with Gasteiger partial charge in [-0.15, -0.1) is 22.7 Å². The van der Waals surface area contributed by atoms with Gasteiger partial charge in [0.05, 0.1) is 32.0 Å². The number of rotatable bonds is 8. The number of hydrogen-bond donors (Lipinski definition) is 0. The summed E-state index contributed by atoms with van der Waals surface area (Å²) in [4.78, 5) is 21.4. The molecule has 0 aliphatic carbocycles. The predicted octanol–water partition coefficient (Wildman–Crippen LogP) is 5.89.